The van der Waals surface area contributed by atoms with Crippen LogP contribution in [0.15, 0.2) is 18.5 Å². The largest absolute Gasteiger partial charge is 0.494 e. The lowest BCUT2D eigenvalue weighted by Gasteiger charge is -2.12. The summed E-state index contributed by atoms with van der Waals surface area (Å²) in [5, 5.41) is 2.57. The molecule has 1 rings (SSSR count). The van der Waals surface area contributed by atoms with Gasteiger partial charge in [0.25, 0.3) is 5.91 Å². The number of nitrogens with one attached hydrogen (secondary N) is 1. The zero-order valence-corrected chi connectivity index (χ0v) is 9.48. The fourth-order valence-corrected chi connectivity index (χ4v) is 1.11. The molecule has 0 aromatic carbocycles. The lowest BCUT2D eigenvalue weighted by atomic mass is 10.2. The van der Waals surface area contributed by atoms with Gasteiger partial charge >= 0.3 is 0 Å². The van der Waals surface area contributed by atoms with E-state index in [1.54, 1.807) is 13.0 Å². The van der Waals surface area contributed by atoms with E-state index in [2.05, 4.69) is 10.3 Å². The molecule has 5 nitrogen and oxygen atoms in total. The van der Waals surface area contributed by atoms with Crippen LogP contribution in [0.4, 0.5) is 0 Å². The summed E-state index contributed by atoms with van der Waals surface area (Å²) >= 11 is 0. The molecule has 0 radical (unpaired) electrons. The molecular formula is C11H14N2O3. The molecule has 1 aromatic heterocycles. The normalized spacial score (nSPS) is 11.7. The number of amides is 1. The van der Waals surface area contributed by atoms with E-state index in [9.17, 15) is 9.59 Å². The molecule has 0 aliphatic heterocycles. The highest BCUT2D eigenvalue weighted by atomic mass is 16.5. The molecule has 0 bridgehead atoms. The molecule has 0 aliphatic rings. The van der Waals surface area contributed by atoms with Crippen molar-refractivity contribution < 1.29 is 14.3 Å². The van der Waals surface area contributed by atoms with E-state index in [1.807, 2.05) is 0 Å². The molecule has 5 heteroatoms. The van der Waals surface area contributed by atoms with E-state index >= 15 is 0 Å². The highest BCUT2D eigenvalue weighted by molar-refractivity contribution is 5.99. The second kappa shape index (κ2) is 5.25. The summed E-state index contributed by atoms with van der Waals surface area (Å²) in [4.78, 5) is 26.6. The molecule has 1 heterocycles. The van der Waals surface area contributed by atoms with Gasteiger partial charge in [-0.05, 0) is 19.9 Å². The number of Topliss-reactive ketones (excluding diaryl/α,β-unsaturated/α-hetero) is 1. The highest BCUT2D eigenvalue weighted by Crippen LogP contribution is 2.15. The van der Waals surface area contributed by atoms with E-state index in [0.29, 0.717) is 11.3 Å². The zero-order chi connectivity index (χ0) is 12.1. The number of ketones is 1. The zero-order valence-electron chi connectivity index (χ0n) is 9.48. The van der Waals surface area contributed by atoms with Gasteiger partial charge in [-0.15, -0.1) is 0 Å². The topological polar surface area (TPSA) is 68.3 Å². The lowest BCUT2D eigenvalue weighted by Crippen LogP contribution is -2.37. The molecule has 16 heavy (non-hydrogen) atoms. The van der Waals surface area contributed by atoms with Crippen LogP contribution in [0.25, 0.3) is 0 Å². The van der Waals surface area contributed by atoms with Gasteiger partial charge in [-0.2, -0.15) is 0 Å². The quantitative estimate of drug-likeness (QED) is 0.818. The van der Waals surface area contributed by atoms with Crippen molar-refractivity contribution in [3.8, 4) is 5.75 Å². The van der Waals surface area contributed by atoms with Crippen molar-refractivity contribution in [1.29, 1.82) is 0 Å². The van der Waals surface area contributed by atoms with Crippen LogP contribution in [0.5, 0.6) is 5.75 Å². The van der Waals surface area contributed by atoms with Crippen LogP contribution in [0.3, 0.4) is 0 Å². The standard InChI is InChI=1S/C11H14N2O3/c1-7(8(2)14)13-11(15)9-4-5-12-6-10(9)16-3/h4-7H,1-3H3,(H,13,15). The van der Waals surface area contributed by atoms with Crippen molar-refractivity contribution in [2.75, 3.05) is 7.11 Å². The SMILES string of the molecule is COc1cnccc1C(=O)NC(C)C(C)=O. The third-order valence-corrected chi connectivity index (χ3v) is 2.21. The minimum Gasteiger partial charge on any atom is -0.494 e. The molecule has 1 unspecified atom stereocenters. The van der Waals surface area contributed by atoms with Gasteiger partial charge in [0.1, 0.15) is 5.75 Å². The number of nitrogens with zero attached hydrogens (tertiary/aromatic N) is 1. The minimum absolute atomic E-state index is 0.0960. The summed E-state index contributed by atoms with van der Waals surface area (Å²) in [5.74, 6) is -0.0564. The van der Waals surface area contributed by atoms with Crippen molar-refractivity contribution in [2.45, 2.75) is 19.9 Å². The first kappa shape index (κ1) is 12.2. The third kappa shape index (κ3) is 2.79. The van der Waals surface area contributed by atoms with Crippen LogP contribution < -0.4 is 10.1 Å². The van der Waals surface area contributed by atoms with E-state index in [0.717, 1.165) is 0 Å². The van der Waals surface area contributed by atoms with Crippen LogP contribution in [-0.2, 0) is 4.79 Å². The first-order valence-electron chi connectivity index (χ1n) is 4.85. The second-order valence-corrected chi connectivity index (χ2v) is 3.38. The molecule has 1 atom stereocenters. The summed E-state index contributed by atoms with van der Waals surface area (Å²) in [5.41, 5.74) is 0.366. The monoisotopic (exact) mass is 222 g/mol. The maximum absolute atomic E-state index is 11.8. The van der Waals surface area contributed by atoms with E-state index in [1.165, 1.54) is 26.4 Å². The number of carbonyl (C=O) groups is 2. The number of carbonyl (C=O) groups excluding carboxylic acids is 2. The predicted octanol–water partition coefficient (Wildman–Crippen LogP) is 0.797. The Labute approximate surface area is 93.8 Å². The Balaban J connectivity index is 2.84. The molecule has 0 fully saturated rings. The first-order chi connectivity index (χ1) is 7.56. The average Bonchev–Trinajstić information content (AvgIpc) is 2.28. The molecule has 1 amide bonds. The van der Waals surface area contributed by atoms with Crippen LogP contribution in [0.1, 0.15) is 24.2 Å². The summed E-state index contributed by atoms with van der Waals surface area (Å²) in [6.45, 7) is 3.06. The van der Waals surface area contributed by atoms with Crippen molar-refractivity contribution in [2.24, 2.45) is 0 Å². The van der Waals surface area contributed by atoms with Gasteiger partial charge in [-0.25, -0.2) is 0 Å². The van der Waals surface area contributed by atoms with Crippen molar-refractivity contribution in [1.82, 2.24) is 10.3 Å². The van der Waals surface area contributed by atoms with Gasteiger partial charge in [0.2, 0.25) is 0 Å². The average molecular weight is 222 g/mol. The smallest absolute Gasteiger partial charge is 0.255 e. The predicted molar refractivity (Wildman–Crippen MR) is 58.4 cm³/mol. The van der Waals surface area contributed by atoms with Crippen LogP contribution in [0, 0.1) is 0 Å². The van der Waals surface area contributed by atoms with Crippen molar-refractivity contribution in [3.05, 3.63) is 24.0 Å². The van der Waals surface area contributed by atoms with Gasteiger partial charge < -0.3 is 10.1 Å². The molecule has 0 aliphatic carbocycles. The van der Waals surface area contributed by atoms with E-state index in [4.69, 9.17) is 4.74 Å². The van der Waals surface area contributed by atoms with Gasteiger partial charge in [-0.1, -0.05) is 0 Å². The van der Waals surface area contributed by atoms with Crippen LogP contribution in [0.2, 0.25) is 0 Å². The number of ether oxygens (including phenoxy) is 1. The van der Waals surface area contributed by atoms with Gasteiger partial charge in [0.05, 0.1) is 24.9 Å². The number of hydrogen-bond acceptors (Lipinski definition) is 4. The molecule has 1 aromatic rings. The van der Waals surface area contributed by atoms with Crippen molar-refractivity contribution in [3.63, 3.8) is 0 Å². The summed E-state index contributed by atoms with van der Waals surface area (Å²) < 4.78 is 5.00. The maximum Gasteiger partial charge on any atom is 0.255 e. The fraction of sp³-hybridized carbons (Fsp3) is 0.364. The Morgan fingerprint density at radius 2 is 2.19 bits per heavy atom. The number of aromatic nitrogens is 1. The maximum atomic E-state index is 11.8. The third-order valence-electron chi connectivity index (χ3n) is 2.21. The van der Waals surface area contributed by atoms with Gasteiger partial charge in [0.15, 0.2) is 5.78 Å². The van der Waals surface area contributed by atoms with Gasteiger partial charge in [0, 0.05) is 6.20 Å². The van der Waals surface area contributed by atoms with Crippen LogP contribution >= 0.6 is 0 Å². The Morgan fingerprint density at radius 3 is 2.75 bits per heavy atom. The number of pyridine rings is 1. The molecule has 1 N–H and O–H groups in total. The Hall–Kier alpha value is -1.91. The molecular weight excluding hydrogens is 208 g/mol. The lowest BCUT2D eigenvalue weighted by molar-refractivity contribution is -0.118. The summed E-state index contributed by atoms with van der Waals surface area (Å²) in [6, 6.07) is 1.03. The Morgan fingerprint density at radius 1 is 1.50 bits per heavy atom. The van der Waals surface area contributed by atoms with Crippen LogP contribution in [-0.4, -0.2) is 29.8 Å². The fourth-order valence-electron chi connectivity index (χ4n) is 1.11. The highest BCUT2D eigenvalue weighted by Gasteiger charge is 2.16. The molecule has 0 saturated carbocycles. The Bertz CT molecular complexity index is 404. The number of rotatable bonds is 4. The van der Waals surface area contributed by atoms with Crippen molar-refractivity contribution >= 4 is 11.7 Å². The number of hydrogen-bond donors (Lipinski definition) is 1. The molecule has 86 valence electrons. The summed E-state index contributed by atoms with van der Waals surface area (Å²) in [7, 11) is 1.46. The summed E-state index contributed by atoms with van der Waals surface area (Å²) in [6.07, 6.45) is 2.95. The minimum atomic E-state index is -0.509. The first-order valence-corrected chi connectivity index (χ1v) is 4.85. The number of methoxy groups -OCH3 is 1. The Kier molecular flexibility index (Phi) is 3.99. The molecule has 0 spiro atoms. The second-order valence-electron chi connectivity index (χ2n) is 3.38. The van der Waals surface area contributed by atoms with E-state index in [-0.39, 0.29) is 11.7 Å². The molecule has 0 saturated heterocycles. The van der Waals surface area contributed by atoms with E-state index < -0.39 is 6.04 Å². The van der Waals surface area contributed by atoms with Gasteiger partial charge in [-0.3, -0.25) is 14.6 Å².